The van der Waals surface area contributed by atoms with E-state index in [0.717, 1.165) is 113 Å². The highest BCUT2D eigenvalue weighted by molar-refractivity contribution is 7.02. The molecule has 0 saturated carbocycles. The SMILES string of the molecule is c1ccc(-c2c3ccccc3c(-c3ccc(N4c5ccccc5B5c6cc7c(cc6Oc6cc(N(c8ccccc8)c8ccccc8)cc4c65)N(c4ccccc4)c4cc(N(c5ccccc5)c5ccccc5)cc5c4B7c4ccccc4N5c4ccccc4)cc3)c3ccccc23)cc1. The molecule has 0 N–H and O–H groups in total. The number of nitrogens with zero attached hydrogens (tertiary/aromatic N) is 5. The summed E-state index contributed by atoms with van der Waals surface area (Å²) in [5.41, 5.74) is 28.0. The molecule has 20 rings (SSSR count). The Kier molecular flexibility index (Phi) is 13.4. The highest BCUT2D eigenvalue weighted by atomic mass is 16.5. The molecule has 4 aliphatic rings. The molecular formula is C92H61B2N5O. The lowest BCUT2D eigenvalue weighted by atomic mass is 9.30. The zero-order valence-electron chi connectivity index (χ0n) is 54.5. The van der Waals surface area contributed by atoms with E-state index in [1.807, 2.05) is 0 Å². The van der Waals surface area contributed by atoms with E-state index in [4.69, 9.17) is 4.74 Å². The number of benzene rings is 16. The maximum atomic E-state index is 7.86. The molecule has 466 valence electrons. The Hall–Kier alpha value is -13.0. The first kappa shape index (κ1) is 57.2. The molecule has 0 radical (unpaired) electrons. The summed E-state index contributed by atoms with van der Waals surface area (Å²) in [7, 11) is 0. The van der Waals surface area contributed by atoms with Gasteiger partial charge in [0.15, 0.2) is 0 Å². The second kappa shape index (κ2) is 23.4. The van der Waals surface area contributed by atoms with E-state index >= 15 is 0 Å². The average molecular weight is 1270 g/mol. The van der Waals surface area contributed by atoms with E-state index in [-0.39, 0.29) is 13.4 Å². The van der Waals surface area contributed by atoms with E-state index in [9.17, 15) is 0 Å². The summed E-state index contributed by atoms with van der Waals surface area (Å²) in [6, 6.07) is 136. The van der Waals surface area contributed by atoms with E-state index in [1.165, 1.54) is 60.1 Å². The summed E-state index contributed by atoms with van der Waals surface area (Å²) in [5.74, 6) is 1.63. The number of rotatable bonds is 11. The molecule has 0 unspecified atom stereocenters. The normalized spacial score (nSPS) is 12.8. The Morgan fingerprint density at radius 2 is 0.560 bits per heavy atom. The third-order valence-corrected chi connectivity index (χ3v) is 20.8. The van der Waals surface area contributed by atoms with Gasteiger partial charge >= 0.3 is 0 Å². The molecule has 100 heavy (non-hydrogen) atoms. The number of ether oxygens (including phenoxy) is 1. The minimum Gasteiger partial charge on any atom is -0.458 e. The summed E-state index contributed by atoms with van der Waals surface area (Å²) in [5, 5.41) is 4.91. The largest absolute Gasteiger partial charge is 0.458 e. The minimum atomic E-state index is -0.221. The molecule has 0 atom stereocenters. The van der Waals surface area contributed by atoms with Gasteiger partial charge in [-0.25, -0.2) is 0 Å². The standard InChI is InChI=1S/C92H61B2N5O/c1-8-30-62(31-9-1)89-73-44-22-24-46-75(73)90(76-47-25-23-45-74(76)89)63-52-54-70(55-53-63)98-82-51-29-27-49-78(82)94-80-60-79-83(61-87(80)100-88-59-72(58-86(98)92(88)94)96(66-36-14-4-15-37-66)67-38-16-5-17-39-67)99(69-42-20-7-21-43-69)85-57-71(95(64-32-10-2-11-33-64)65-34-12-3-13-35-65)56-84-91(85)93(79)77-48-26-28-50-81(77)97(84)68-40-18-6-19-41-68/h1-61H. The molecule has 8 heteroatoms. The molecule has 0 aliphatic carbocycles. The predicted octanol–water partition coefficient (Wildman–Crippen LogP) is 20.8. The van der Waals surface area contributed by atoms with Crippen molar-refractivity contribution in [1.29, 1.82) is 0 Å². The second-order valence-electron chi connectivity index (χ2n) is 26.3. The van der Waals surface area contributed by atoms with Gasteiger partial charge in [0.1, 0.15) is 11.5 Å². The van der Waals surface area contributed by atoms with Crippen molar-refractivity contribution >= 4 is 153 Å². The Labute approximate surface area is 582 Å². The van der Waals surface area contributed by atoms with Crippen molar-refractivity contribution in [3.05, 3.63) is 370 Å². The van der Waals surface area contributed by atoms with Gasteiger partial charge in [0.2, 0.25) is 0 Å². The molecule has 0 spiro atoms. The number of hydrogen-bond acceptors (Lipinski definition) is 6. The molecule has 4 aliphatic heterocycles. The third-order valence-electron chi connectivity index (χ3n) is 20.8. The van der Waals surface area contributed by atoms with Crippen LogP contribution in [0.1, 0.15) is 0 Å². The maximum absolute atomic E-state index is 7.86. The zero-order valence-corrected chi connectivity index (χ0v) is 54.5. The second-order valence-corrected chi connectivity index (χ2v) is 26.3. The predicted molar refractivity (Wildman–Crippen MR) is 422 cm³/mol. The van der Waals surface area contributed by atoms with Gasteiger partial charge < -0.3 is 29.2 Å². The summed E-state index contributed by atoms with van der Waals surface area (Å²) in [6.07, 6.45) is 0. The topological polar surface area (TPSA) is 25.4 Å². The van der Waals surface area contributed by atoms with Crippen molar-refractivity contribution in [3.8, 4) is 33.8 Å². The quantitative estimate of drug-likeness (QED) is 0.0946. The Morgan fingerprint density at radius 3 is 1.01 bits per heavy atom. The van der Waals surface area contributed by atoms with Crippen LogP contribution in [0.25, 0.3) is 43.8 Å². The number of fused-ring (bicyclic) bond motifs is 10. The van der Waals surface area contributed by atoms with Gasteiger partial charge in [-0.05, 0) is 192 Å². The molecule has 0 fully saturated rings. The minimum absolute atomic E-state index is 0.177. The fourth-order valence-electron chi connectivity index (χ4n) is 16.7. The molecule has 0 amide bonds. The smallest absolute Gasteiger partial charge is 0.256 e. The van der Waals surface area contributed by atoms with Gasteiger partial charge in [-0.15, -0.1) is 0 Å². The molecule has 16 aromatic carbocycles. The van der Waals surface area contributed by atoms with Crippen LogP contribution in [0, 0.1) is 0 Å². The van der Waals surface area contributed by atoms with E-state index in [2.05, 4.69) is 395 Å². The molecule has 0 aromatic heterocycles. The van der Waals surface area contributed by atoms with Gasteiger partial charge in [0.25, 0.3) is 13.4 Å². The molecule has 0 saturated heterocycles. The van der Waals surface area contributed by atoms with Gasteiger partial charge in [-0.2, -0.15) is 0 Å². The van der Waals surface area contributed by atoms with Crippen LogP contribution < -0.4 is 62.0 Å². The van der Waals surface area contributed by atoms with Crippen molar-refractivity contribution in [1.82, 2.24) is 0 Å². The van der Waals surface area contributed by atoms with Crippen molar-refractivity contribution in [3.63, 3.8) is 0 Å². The van der Waals surface area contributed by atoms with Crippen LogP contribution in [-0.4, -0.2) is 13.4 Å². The monoisotopic (exact) mass is 1270 g/mol. The van der Waals surface area contributed by atoms with Crippen LogP contribution in [0.4, 0.5) is 85.3 Å². The highest BCUT2D eigenvalue weighted by Gasteiger charge is 2.48. The van der Waals surface area contributed by atoms with E-state index in [0.29, 0.717) is 0 Å². The van der Waals surface area contributed by atoms with Crippen molar-refractivity contribution in [2.75, 3.05) is 24.5 Å². The summed E-state index contributed by atoms with van der Waals surface area (Å²) >= 11 is 0. The van der Waals surface area contributed by atoms with E-state index in [1.54, 1.807) is 0 Å². The lowest BCUT2D eigenvalue weighted by Gasteiger charge is -2.46. The van der Waals surface area contributed by atoms with Crippen LogP contribution in [0.3, 0.4) is 0 Å². The first-order valence-corrected chi connectivity index (χ1v) is 34.5. The van der Waals surface area contributed by atoms with Crippen LogP contribution in [0.5, 0.6) is 11.5 Å². The summed E-state index contributed by atoms with van der Waals surface area (Å²) in [4.78, 5) is 12.3. The summed E-state index contributed by atoms with van der Waals surface area (Å²) in [6.45, 7) is -0.399. The fourth-order valence-corrected chi connectivity index (χ4v) is 16.7. The first-order chi connectivity index (χ1) is 49.7. The van der Waals surface area contributed by atoms with Crippen molar-refractivity contribution < 1.29 is 4.74 Å². The Bertz CT molecular complexity index is 5720. The van der Waals surface area contributed by atoms with Crippen LogP contribution in [-0.2, 0) is 0 Å². The zero-order chi connectivity index (χ0) is 65.8. The Morgan fingerprint density at radius 1 is 0.220 bits per heavy atom. The van der Waals surface area contributed by atoms with Crippen LogP contribution in [0.2, 0.25) is 0 Å². The average Bonchev–Trinajstić information content (AvgIpc) is 0.622. The van der Waals surface area contributed by atoms with E-state index < -0.39 is 0 Å². The molecule has 0 bridgehead atoms. The van der Waals surface area contributed by atoms with Crippen LogP contribution >= 0.6 is 0 Å². The van der Waals surface area contributed by atoms with Crippen molar-refractivity contribution in [2.24, 2.45) is 0 Å². The Balaban J connectivity index is 0.820. The van der Waals surface area contributed by atoms with Crippen LogP contribution in [0.15, 0.2) is 370 Å². The van der Waals surface area contributed by atoms with Gasteiger partial charge in [0.05, 0.1) is 11.4 Å². The molecular weight excluding hydrogens is 1210 g/mol. The number of hydrogen-bond donors (Lipinski definition) is 0. The highest BCUT2D eigenvalue weighted by Crippen LogP contribution is 2.52. The summed E-state index contributed by atoms with van der Waals surface area (Å²) < 4.78 is 7.86. The van der Waals surface area contributed by atoms with Gasteiger partial charge in [-0.1, -0.05) is 243 Å². The number of anilines is 15. The van der Waals surface area contributed by atoms with Gasteiger partial charge in [0, 0.05) is 86.1 Å². The lowest BCUT2D eigenvalue weighted by Crippen LogP contribution is -2.64. The molecule has 16 aromatic rings. The van der Waals surface area contributed by atoms with Gasteiger partial charge in [-0.3, -0.25) is 0 Å². The number of para-hydroxylation sites is 8. The molecule has 4 heterocycles. The fraction of sp³-hybridized carbons (Fsp3) is 0. The first-order valence-electron chi connectivity index (χ1n) is 34.5. The maximum Gasteiger partial charge on any atom is 0.256 e. The molecule has 6 nitrogen and oxygen atoms in total. The lowest BCUT2D eigenvalue weighted by molar-refractivity contribution is 0.488. The third kappa shape index (κ3) is 9.07. The van der Waals surface area contributed by atoms with Crippen molar-refractivity contribution in [2.45, 2.75) is 0 Å².